The van der Waals surface area contributed by atoms with Crippen LogP contribution in [0.3, 0.4) is 0 Å². The second-order valence-electron chi connectivity index (χ2n) is 9.60. The first kappa shape index (κ1) is 29.7. The van der Waals surface area contributed by atoms with Crippen molar-refractivity contribution >= 4 is 17.2 Å². The topological polar surface area (TPSA) is 73.8 Å². The average molecular weight is 534 g/mol. The van der Waals surface area contributed by atoms with E-state index in [2.05, 4.69) is 28.7 Å². The molecular weight excluding hydrogens is 493 g/mol. The monoisotopic (exact) mass is 533 g/mol. The van der Waals surface area contributed by atoms with Gasteiger partial charge in [-0.15, -0.1) is 0 Å². The minimum atomic E-state index is -0.636. The van der Waals surface area contributed by atoms with Crippen LogP contribution in [0.2, 0.25) is 0 Å². The highest BCUT2D eigenvalue weighted by molar-refractivity contribution is 5.91. The summed E-state index contributed by atoms with van der Waals surface area (Å²) in [6.45, 7) is 16.7. The highest BCUT2D eigenvalue weighted by atomic mass is 19.1. The number of amides is 1. The number of allylic oxidation sites excluding steroid dienone is 10. The van der Waals surface area contributed by atoms with Gasteiger partial charge in [-0.05, 0) is 68.0 Å². The van der Waals surface area contributed by atoms with Gasteiger partial charge in [0.1, 0.15) is 17.2 Å². The van der Waals surface area contributed by atoms with E-state index in [1.807, 2.05) is 37.3 Å². The molecule has 208 valence electrons. The summed E-state index contributed by atoms with van der Waals surface area (Å²) in [4.78, 5) is 14.0. The first-order chi connectivity index (χ1) is 18.8. The van der Waals surface area contributed by atoms with Crippen LogP contribution in [0.4, 0.5) is 10.1 Å². The van der Waals surface area contributed by atoms with E-state index in [0.717, 1.165) is 50.3 Å². The Labute approximate surface area is 231 Å². The lowest BCUT2D eigenvalue weighted by Gasteiger charge is -2.30. The highest BCUT2D eigenvalue weighted by Gasteiger charge is 2.24. The van der Waals surface area contributed by atoms with Crippen molar-refractivity contribution < 1.29 is 19.0 Å². The Kier molecular flexibility index (Phi) is 10.9. The molecule has 2 aliphatic rings. The van der Waals surface area contributed by atoms with Crippen LogP contribution in [0.5, 0.6) is 5.75 Å². The van der Waals surface area contributed by atoms with E-state index < -0.39 is 11.7 Å². The SMILES string of the molecule is C=C/C=C(\C=C(/C=C)N1CCNCC1)C(/C=C\C)=C(O)/C(=C\C)c1cc(F)c(NC(C)=O)c(OCC2CC2)c1. The van der Waals surface area contributed by atoms with Crippen LogP contribution in [0.25, 0.3) is 5.57 Å². The molecule has 1 aliphatic carbocycles. The molecule has 39 heavy (non-hydrogen) atoms. The first-order valence-electron chi connectivity index (χ1n) is 13.4. The van der Waals surface area contributed by atoms with Crippen molar-refractivity contribution in [1.82, 2.24) is 10.2 Å². The lowest BCUT2D eigenvalue weighted by atomic mass is 9.94. The molecule has 0 aromatic heterocycles. The molecule has 0 bridgehead atoms. The summed E-state index contributed by atoms with van der Waals surface area (Å²) in [5.74, 6) is -0.381. The van der Waals surface area contributed by atoms with Gasteiger partial charge in [0.05, 0.1) is 6.61 Å². The van der Waals surface area contributed by atoms with E-state index in [1.54, 1.807) is 25.1 Å². The number of carbonyl (C=O) groups is 1. The third kappa shape index (κ3) is 8.07. The van der Waals surface area contributed by atoms with Crippen LogP contribution in [-0.4, -0.2) is 48.7 Å². The predicted molar refractivity (Wildman–Crippen MR) is 158 cm³/mol. The third-order valence-corrected chi connectivity index (χ3v) is 6.57. The predicted octanol–water partition coefficient (Wildman–Crippen LogP) is 6.45. The minimum absolute atomic E-state index is 0.00122. The normalized spacial score (nSPS) is 17.6. The fourth-order valence-corrected chi connectivity index (χ4v) is 4.41. The van der Waals surface area contributed by atoms with Gasteiger partial charge >= 0.3 is 0 Å². The standard InChI is InChI=1S/C32H40FN3O3/c1-6-10-24(18-26(8-3)36-16-14-34-15-17-36)28(11-7-2)32(38)27(9-4)25-19-29(33)31(35-22(5)37)30(20-25)39-21-23-12-13-23/h6-11,18-20,23,34,38H,1,3,12-17,21H2,2,4-5H3,(H,35,37)/b11-7-,24-10+,26-18+,27-9-,32-28-. The largest absolute Gasteiger partial charge is 0.507 e. The number of halogens is 1. The maximum atomic E-state index is 15.3. The van der Waals surface area contributed by atoms with Gasteiger partial charge in [-0.2, -0.15) is 0 Å². The number of hydrogen-bond acceptors (Lipinski definition) is 5. The molecule has 1 aromatic carbocycles. The van der Waals surface area contributed by atoms with Crippen LogP contribution in [0.15, 0.2) is 90.4 Å². The maximum absolute atomic E-state index is 15.3. The molecule has 1 heterocycles. The first-order valence-corrected chi connectivity index (χ1v) is 13.4. The second kappa shape index (κ2) is 14.4. The highest BCUT2D eigenvalue weighted by Crippen LogP contribution is 2.37. The van der Waals surface area contributed by atoms with Crippen molar-refractivity contribution in [3.05, 3.63) is 102 Å². The Balaban J connectivity index is 2.10. The fourth-order valence-electron chi connectivity index (χ4n) is 4.41. The quantitative estimate of drug-likeness (QED) is 0.213. The van der Waals surface area contributed by atoms with Gasteiger partial charge in [0.25, 0.3) is 0 Å². The van der Waals surface area contributed by atoms with Crippen LogP contribution in [0, 0.1) is 11.7 Å². The van der Waals surface area contributed by atoms with E-state index in [4.69, 9.17) is 4.74 Å². The zero-order valence-corrected chi connectivity index (χ0v) is 23.2. The fraction of sp³-hybridized carbons (Fsp3) is 0.344. The summed E-state index contributed by atoms with van der Waals surface area (Å²) < 4.78 is 21.3. The zero-order valence-electron chi connectivity index (χ0n) is 23.2. The summed E-state index contributed by atoms with van der Waals surface area (Å²) in [7, 11) is 0. The molecule has 0 spiro atoms. The Morgan fingerprint density at radius 1 is 1.26 bits per heavy atom. The van der Waals surface area contributed by atoms with Crippen molar-refractivity contribution in [2.24, 2.45) is 5.92 Å². The smallest absolute Gasteiger partial charge is 0.221 e. The lowest BCUT2D eigenvalue weighted by Crippen LogP contribution is -2.42. The average Bonchev–Trinajstić information content (AvgIpc) is 3.75. The van der Waals surface area contributed by atoms with Gasteiger partial charge < -0.3 is 25.4 Å². The Bertz CT molecular complexity index is 1230. The Hall–Kier alpha value is -3.84. The lowest BCUT2D eigenvalue weighted by molar-refractivity contribution is -0.114. The molecule has 1 amide bonds. The van der Waals surface area contributed by atoms with Crippen molar-refractivity contribution in [1.29, 1.82) is 0 Å². The molecule has 3 N–H and O–H groups in total. The number of nitrogens with one attached hydrogen (secondary N) is 2. The molecule has 1 aromatic rings. The molecule has 6 nitrogen and oxygen atoms in total. The molecule has 0 atom stereocenters. The Morgan fingerprint density at radius 3 is 2.54 bits per heavy atom. The van der Waals surface area contributed by atoms with Crippen molar-refractivity contribution in [2.45, 2.75) is 33.6 Å². The molecule has 0 radical (unpaired) electrons. The summed E-state index contributed by atoms with van der Waals surface area (Å²) in [6.07, 6.45) is 14.8. The molecular formula is C32H40FN3O3. The molecule has 1 aliphatic heterocycles. The van der Waals surface area contributed by atoms with Gasteiger partial charge in [0.15, 0.2) is 5.82 Å². The number of anilines is 1. The maximum Gasteiger partial charge on any atom is 0.221 e. The van der Waals surface area contributed by atoms with Crippen molar-refractivity contribution in [3.8, 4) is 5.75 Å². The number of hydrogen-bond donors (Lipinski definition) is 3. The number of nitrogens with zero attached hydrogens (tertiary/aromatic N) is 1. The van der Waals surface area contributed by atoms with Gasteiger partial charge in [-0.1, -0.05) is 43.5 Å². The molecule has 7 heteroatoms. The van der Waals surface area contributed by atoms with Gasteiger partial charge in [-0.3, -0.25) is 4.79 Å². The van der Waals surface area contributed by atoms with Crippen LogP contribution in [-0.2, 0) is 4.79 Å². The van der Waals surface area contributed by atoms with E-state index in [1.165, 1.54) is 13.0 Å². The summed E-state index contributed by atoms with van der Waals surface area (Å²) in [5.41, 5.74) is 3.07. The van der Waals surface area contributed by atoms with Crippen LogP contribution < -0.4 is 15.4 Å². The third-order valence-electron chi connectivity index (χ3n) is 6.57. The van der Waals surface area contributed by atoms with E-state index in [0.29, 0.717) is 29.2 Å². The number of aliphatic hydroxyl groups excluding tert-OH is 1. The Morgan fingerprint density at radius 2 is 1.97 bits per heavy atom. The van der Waals surface area contributed by atoms with Crippen molar-refractivity contribution in [2.75, 3.05) is 38.1 Å². The molecule has 1 saturated carbocycles. The number of piperazine rings is 1. The second-order valence-corrected chi connectivity index (χ2v) is 9.60. The number of benzene rings is 1. The van der Waals surface area contributed by atoms with Gasteiger partial charge in [-0.25, -0.2) is 4.39 Å². The zero-order chi connectivity index (χ0) is 28.4. The van der Waals surface area contributed by atoms with E-state index in [-0.39, 0.29) is 17.2 Å². The number of ether oxygens (including phenoxy) is 1. The molecule has 1 saturated heterocycles. The van der Waals surface area contributed by atoms with Gasteiger partial charge in [0, 0.05) is 49.9 Å². The van der Waals surface area contributed by atoms with Gasteiger partial charge in [0.2, 0.25) is 5.91 Å². The van der Waals surface area contributed by atoms with Crippen LogP contribution in [0.1, 0.15) is 39.2 Å². The summed E-state index contributed by atoms with van der Waals surface area (Å²) in [6, 6.07) is 2.97. The number of carbonyl (C=O) groups excluding carboxylic acids is 1. The van der Waals surface area contributed by atoms with E-state index >= 15 is 4.39 Å². The van der Waals surface area contributed by atoms with Crippen molar-refractivity contribution in [3.63, 3.8) is 0 Å². The number of aliphatic hydroxyl groups is 1. The summed E-state index contributed by atoms with van der Waals surface area (Å²) in [5, 5.41) is 17.5. The summed E-state index contributed by atoms with van der Waals surface area (Å²) >= 11 is 0. The molecule has 2 fully saturated rings. The van der Waals surface area contributed by atoms with E-state index in [9.17, 15) is 9.90 Å². The molecule has 0 unspecified atom stereocenters. The van der Waals surface area contributed by atoms with Crippen LogP contribution >= 0.6 is 0 Å². The minimum Gasteiger partial charge on any atom is -0.507 e. The number of rotatable bonds is 12. The molecule has 3 rings (SSSR count).